The first-order valence-electron chi connectivity index (χ1n) is 5.16. The molecule has 2 nitrogen and oxygen atoms in total. The summed E-state index contributed by atoms with van der Waals surface area (Å²) < 4.78 is 19.1. The molecule has 94 valence electrons. The van der Waals surface area contributed by atoms with Crippen LogP contribution in [0.2, 0.25) is 10.0 Å². The lowest BCUT2D eigenvalue weighted by atomic mass is 10.2. The summed E-state index contributed by atoms with van der Waals surface area (Å²) in [5, 5.41) is 0.365. The molecule has 0 fully saturated rings. The number of nitrogens with two attached hydrogens (primary N) is 1. The minimum Gasteiger partial charge on any atom is -0.454 e. The molecule has 2 rings (SSSR count). The van der Waals surface area contributed by atoms with Gasteiger partial charge in [-0.3, -0.25) is 0 Å². The van der Waals surface area contributed by atoms with Crippen LogP contribution in [0.25, 0.3) is 0 Å². The highest BCUT2D eigenvalue weighted by Crippen LogP contribution is 2.34. The van der Waals surface area contributed by atoms with Crippen LogP contribution in [-0.4, -0.2) is 0 Å². The molecule has 0 aromatic heterocycles. The second-order valence-electron chi connectivity index (χ2n) is 3.79. The monoisotopic (exact) mass is 285 g/mol. The third kappa shape index (κ3) is 2.52. The van der Waals surface area contributed by atoms with Gasteiger partial charge >= 0.3 is 0 Å². The first-order chi connectivity index (χ1) is 8.49. The molecule has 5 heteroatoms. The summed E-state index contributed by atoms with van der Waals surface area (Å²) in [5.74, 6) is -0.117. The highest BCUT2D eigenvalue weighted by atomic mass is 35.5. The molecular formula is C13H10Cl2FNO. The molecule has 0 aliphatic carbocycles. The number of benzene rings is 2. The normalized spacial score (nSPS) is 10.4. The maximum Gasteiger partial charge on any atom is 0.184 e. The Kier molecular flexibility index (Phi) is 3.64. The van der Waals surface area contributed by atoms with Crippen molar-refractivity contribution in [2.75, 3.05) is 5.73 Å². The number of aryl methyl sites for hydroxylation is 1. The van der Waals surface area contributed by atoms with E-state index < -0.39 is 5.82 Å². The molecule has 0 aliphatic heterocycles. The molecule has 0 aliphatic rings. The van der Waals surface area contributed by atoms with Gasteiger partial charge in [-0.05, 0) is 30.7 Å². The maximum absolute atomic E-state index is 13.7. The third-order valence-corrected chi connectivity index (χ3v) is 3.05. The lowest BCUT2D eigenvalue weighted by Gasteiger charge is -2.11. The Morgan fingerprint density at radius 1 is 1.11 bits per heavy atom. The van der Waals surface area contributed by atoms with Gasteiger partial charge in [0.15, 0.2) is 11.6 Å². The summed E-state index contributed by atoms with van der Waals surface area (Å²) in [4.78, 5) is 0. The molecule has 0 unspecified atom stereocenters. The summed E-state index contributed by atoms with van der Waals surface area (Å²) in [6.45, 7) is 1.80. The van der Waals surface area contributed by atoms with Crippen molar-refractivity contribution in [3.05, 3.63) is 51.8 Å². The number of hydrogen-bond donors (Lipinski definition) is 1. The zero-order valence-corrected chi connectivity index (χ0v) is 11.0. The molecule has 0 radical (unpaired) electrons. The minimum absolute atomic E-state index is 0.00620. The Labute approximate surface area is 114 Å². The Balaban J connectivity index is 2.40. The molecule has 2 N–H and O–H groups in total. The summed E-state index contributed by atoms with van der Waals surface area (Å²) in [6.07, 6.45) is 0. The first kappa shape index (κ1) is 13.0. The quantitative estimate of drug-likeness (QED) is 0.803. The fraction of sp³-hybridized carbons (Fsp3) is 0.0769. The highest BCUT2D eigenvalue weighted by Gasteiger charge is 2.11. The SMILES string of the molecule is Cc1cc(N)c(Cl)cc1Oc1cccc(Cl)c1F. The van der Waals surface area contributed by atoms with Gasteiger partial charge in [-0.25, -0.2) is 4.39 Å². The van der Waals surface area contributed by atoms with Crippen LogP contribution in [0.5, 0.6) is 11.5 Å². The van der Waals surface area contributed by atoms with Crippen LogP contribution in [0.1, 0.15) is 5.56 Å². The molecule has 0 saturated carbocycles. The number of nitrogen functional groups attached to an aromatic ring is 1. The fourth-order valence-electron chi connectivity index (χ4n) is 1.48. The number of rotatable bonds is 2. The predicted molar refractivity (Wildman–Crippen MR) is 72.1 cm³/mol. The van der Waals surface area contributed by atoms with Crippen molar-refractivity contribution in [2.24, 2.45) is 0 Å². The van der Waals surface area contributed by atoms with Crippen molar-refractivity contribution in [1.82, 2.24) is 0 Å². The number of ether oxygens (including phenoxy) is 1. The van der Waals surface area contributed by atoms with E-state index in [1.165, 1.54) is 12.1 Å². The van der Waals surface area contributed by atoms with Crippen molar-refractivity contribution in [3.63, 3.8) is 0 Å². The third-order valence-electron chi connectivity index (χ3n) is 2.43. The van der Waals surface area contributed by atoms with Crippen LogP contribution >= 0.6 is 23.2 Å². The molecule has 0 heterocycles. The van der Waals surface area contributed by atoms with E-state index in [4.69, 9.17) is 33.7 Å². The smallest absolute Gasteiger partial charge is 0.184 e. The molecule has 18 heavy (non-hydrogen) atoms. The highest BCUT2D eigenvalue weighted by molar-refractivity contribution is 6.33. The van der Waals surface area contributed by atoms with Gasteiger partial charge in [0.1, 0.15) is 5.75 Å². The van der Waals surface area contributed by atoms with Crippen molar-refractivity contribution in [3.8, 4) is 11.5 Å². The zero-order chi connectivity index (χ0) is 13.3. The average Bonchev–Trinajstić information content (AvgIpc) is 2.32. The molecule has 0 amide bonds. The van der Waals surface area contributed by atoms with Crippen LogP contribution in [0.3, 0.4) is 0 Å². The molecule has 0 spiro atoms. The van der Waals surface area contributed by atoms with Gasteiger partial charge in [0.05, 0.1) is 15.7 Å². The van der Waals surface area contributed by atoms with Crippen LogP contribution in [0.4, 0.5) is 10.1 Å². The summed E-state index contributed by atoms with van der Waals surface area (Å²) in [5.41, 5.74) is 6.87. The van der Waals surface area contributed by atoms with Gasteiger partial charge in [0.2, 0.25) is 0 Å². The molecule has 2 aromatic rings. The number of anilines is 1. The molecule has 0 saturated heterocycles. The van der Waals surface area contributed by atoms with E-state index in [2.05, 4.69) is 0 Å². The molecule has 0 bridgehead atoms. The lowest BCUT2D eigenvalue weighted by Crippen LogP contribution is -1.94. The van der Waals surface area contributed by atoms with Crippen molar-refractivity contribution in [1.29, 1.82) is 0 Å². The number of halogens is 3. The maximum atomic E-state index is 13.7. The van der Waals surface area contributed by atoms with E-state index in [9.17, 15) is 4.39 Å². The van der Waals surface area contributed by atoms with E-state index in [1.807, 2.05) is 0 Å². The van der Waals surface area contributed by atoms with Crippen molar-refractivity contribution < 1.29 is 9.13 Å². The summed E-state index contributed by atoms with van der Waals surface area (Å²) in [6, 6.07) is 7.76. The predicted octanol–water partition coefficient (Wildman–Crippen LogP) is 4.82. The summed E-state index contributed by atoms with van der Waals surface area (Å²) >= 11 is 11.6. The number of hydrogen-bond acceptors (Lipinski definition) is 2. The van der Waals surface area contributed by atoms with Gasteiger partial charge in [-0.1, -0.05) is 29.3 Å². The Morgan fingerprint density at radius 3 is 2.56 bits per heavy atom. The first-order valence-corrected chi connectivity index (χ1v) is 5.92. The second-order valence-corrected chi connectivity index (χ2v) is 4.61. The molecular weight excluding hydrogens is 276 g/mol. The van der Waals surface area contributed by atoms with E-state index in [0.717, 1.165) is 5.56 Å². The van der Waals surface area contributed by atoms with Gasteiger partial charge < -0.3 is 10.5 Å². The van der Waals surface area contributed by atoms with E-state index in [0.29, 0.717) is 16.5 Å². The largest absolute Gasteiger partial charge is 0.454 e. The molecule has 0 atom stereocenters. The average molecular weight is 286 g/mol. The van der Waals surface area contributed by atoms with Gasteiger partial charge in [-0.15, -0.1) is 0 Å². The van der Waals surface area contributed by atoms with Gasteiger partial charge in [0, 0.05) is 6.07 Å². The lowest BCUT2D eigenvalue weighted by molar-refractivity contribution is 0.440. The van der Waals surface area contributed by atoms with Crippen LogP contribution in [0, 0.1) is 12.7 Å². The van der Waals surface area contributed by atoms with E-state index in [1.54, 1.807) is 25.1 Å². The Morgan fingerprint density at radius 2 is 1.83 bits per heavy atom. The minimum atomic E-state index is -0.605. The summed E-state index contributed by atoms with van der Waals surface area (Å²) in [7, 11) is 0. The van der Waals surface area contributed by atoms with Gasteiger partial charge in [-0.2, -0.15) is 0 Å². The van der Waals surface area contributed by atoms with E-state index >= 15 is 0 Å². The van der Waals surface area contributed by atoms with Gasteiger partial charge in [0.25, 0.3) is 0 Å². The molecule has 2 aromatic carbocycles. The van der Waals surface area contributed by atoms with Crippen LogP contribution in [-0.2, 0) is 0 Å². The van der Waals surface area contributed by atoms with Crippen LogP contribution in [0.15, 0.2) is 30.3 Å². The topological polar surface area (TPSA) is 35.2 Å². The fourth-order valence-corrected chi connectivity index (χ4v) is 1.80. The standard InChI is InChI=1S/C13H10Cl2FNO/c1-7-5-10(17)9(15)6-12(7)18-11-4-2-3-8(14)13(11)16/h2-6H,17H2,1H3. The van der Waals surface area contributed by atoms with Crippen LogP contribution < -0.4 is 10.5 Å². The van der Waals surface area contributed by atoms with E-state index in [-0.39, 0.29) is 10.8 Å². The Hall–Kier alpha value is -1.45. The zero-order valence-electron chi connectivity index (χ0n) is 9.51. The Bertz CT molecular complexity index is 602. The van der Waals surface area contributed by atoms with Crippen molar-refractivity contribution in [2.45, 2.75) is 6.92 Å². The van der Waals surface area contributed by atoms with Crippen molar-refractivity contribution >= 4 is 28.9 Å². The second kappa shape index (κ2) is 5.04.